The summed E-state index contributed by atoms with van der Waals surface area (Å²) < 4.78 is 33.1. The first-order valence-electron chi connectivity index (χ1n) is 11.9. The predicted octanol–water partition coefficient (Wildman–Crippen LogP) is 3.28. The van der Waals surface area contributed by atoms with Crippen molar-refractivity contribution < 1.29 is 22.7 Å². The smallest absolute Gasteiger partial charge is 0.229 e. The van der Waals surface area contributed by atoms with E-state index in [4.69, 9.17) is 4.74 Å². The van der Waals surface area contributed by atoms with Gasteiger partial charge in [-0.1, -0.05) is 6.07 Å². The van der Waals surface area contributed by atoms with Crippen molar-refractivity contribution in [3.63, 3.8) is 0 Å². The Hall–Kier alpha value is -2.60. The third kappa shape index (κ3) is 4.40. The maximum atomic E-state index is 11.6. The molecule has 2 aromatic carbocycles. The van der Waals surface area contributed by atoms with Gasteiger partial charge in [-0.2, -0.15) is 5.26 Å². The molecule has 34 heavy (non-hydrogen) atoms. The number of nitriles is 1. The number of ether oxygens (including phenoxy) is 1. The molecule has 5 rings (SSSR count). The van der Waals surface area contributed by atoms with E-state index in [0.717, 1.165) is 61.5 Å². The summed E-state index contributed by atoms with van der Waals surface area (Å²) in [6, 6.07) is 14.0. The number of nitrogens with one attached hydrogen (secondary N) is 1. The Morgan fingerprint density at radius 1 is 1.18 bits per heavy atom. The van der Waals surface area contributed by atoms with Crippen molar-refractivity contribution in [3.8, 4) is 11.8 Å². The third-order valence-corrected chi connectivity index (χ3v) is 8.75. The summed E-state index contributed by atoms with van der Waals surface area (Å²) in [4.78, 5) is 0. The second kappa shape index (κ2) is 8.26. The first kappa shape index (κ1) is 23.2. The fraction of sp³-hybridized carbons (Fsp3) is 0.500. The number of piperidine rings is 1. The Balaban J connectivity index is 1.29. The Bertz CT molecular complexity index is 1260. The van der Waals surface area contributed by atoms with Crippen molar-refractivity contribution in [1.29, 1.82) is 5.26 Å². The molecule has 1 unspecified atom stereocenters. The number of likely N-dealkylation sites (N-methyl/N-ethyl adjacent to an activating group) is 1. The van der Waals surface area contributed by atoms with Gasteiger partial charge in [-0.05, 0) is 47.9 Å². The van der Waals surface area contributed by atoms with Crippen LogP contribution in [0.25, 0.3) is 0 Å². The Kier molecular flexibility index (Phi) is 5.63. The summed E-state index contributed by atoms with van der Waals surface area (Å²) >= 11 is 0. The molecule has 0 aromatic heterocycles. The molecule has 8 heteroatoms. The zero-order chi connectivity index (χ0) is 24.1. The molecule has 0 saturated carbocycles. The predicted molar refractivity (Wildman–Crippen MR) is 130 cm³/mol. The van der Waals surface area contributed by atoms with E-state index in [0.29, 0.717) is 29.5 Å². The number of likely N-dealkylation sites (tertiary alicyclic amines) is 1. The summed E-state index contributed by atoms with van der Waals surface area (Å²) in [6.07, 6.45) is 5.87. The van der Waals surface area contributed by atoms with Crippen molar-refractivity contribution in [2.45, 2.75) is 56.3 Å². The molecule has 2 aromatic rings. The number of anilines is 1. The van der Waals surface area contributed by atoms with Gasteiger partial charge >= 0.3 is 0 Å². The van der Waals surface area contributed by atoms with Crippen LogP contribution in [0.5, 0.6) is 5.75 Å². The van der Waals surface area contributed by atoms with Crippen molar-refractivity contribution in [2.24, 2.45) is 0 Å². The molecule has 2 N–H and O–H groups in total. The number of aliphatic hydroxyl groups excluding tert-OH is 1. The van der Waals surface area contributed by atoms with E-state index in [1.165, 1.54) is 11.1 Å². The largest absolute Gasteiger partial charge is 0.486 e. The van der Waals surface area contributed by atoms with E-state index in [9.17, 15) is 18.8 Å². The van der Waals surface area contributed by atoms with Gasteiger partial charge in [0, 0.05) is 43.4 Å². The fourth-order valence-corrected chi connectivity index (χ4v) is 6.64. The number of aliphatic hydroxyl groups is 1. The van der Waals surface area contributed by atoms with E-state index in [1.807, 2.05) is 12.1 Å². The molecule has 2 aliphatic heterocycles. The van der Waals surface area contributed by atoms with Crippen molar-refractivity contribution in [2.75, 3.05) is 31.1 Å². The summed E-state index contributed by atoms with van der Waals surface area (Å²) in [5.41, 5.74) is 4.12. The zero-order valence-corrected chi connectivity index (χ0v) is 20.6. The molecule has 7 nitrogen and oxygen atoms in total. The molecule has 0 radical (unpaired) electrons. The molecule has 2 atom stereocenters. The van der Waals surface area contributed by atoms with Gasteiger partial charge in [-0.25, -0.2) is 8.42 Å². The lowest BCUT2D eigenvalue weighted by molar-refractivity contribution is -0.940. The SMILES string of the molecule is C[N+]1(C2CCc3cc(C#N)ccc3C2)CCC2(CC1)C[C@@H](O)c1cc(NS(C)(=O)=O)ccc1O2. The quantitative estimate of drug-likeness (QED) is 0.654. The van der Waals surface area contributed by atoms with E-state index < -0.39 is 16.1 Å². The van der Waals surface area contributed by atoms with Crippen LogP contribution >= 0.6 is 0 Å². The van der Waals surface area contributed by atoms with E-state index in [-0.39, 0.29) is 5.60 Å². The molecular formula is C26H32N3O4S+. The Labute approximate surface area is 201 Å². The van der Waals surface area contributed by atoms with Crippen LogP contribution in [0.3, 0.4) is 0 Å². The molecule has 1 saturated heterocycles. The van der Waals surface area contributed by atoms with Crippen LogP contribution < -0.4 is 9.46 Å². The normalized spacial score (nSPS) is 30.5. The highest BCUT2D eigenvalue weighted by molar-refractivity contribution is 7.92. The average Bonchev–Trinajstić information content (AvgIpc) is 2.80. The number of hydrogen-bond donors (Lipinski definition) is 2. The van der Waals surface area contributed by atoms with Crippen LogP contribution in [0.4, 0.5) is 5.69 Å². The van der Waals surface area contributed by atoms with Crippen molar-refractivity contribution >= 4 is 15.7 Å². The highest BCUT2D eigenvalue weighted by Gasteiger charge is 2.49. The van der Waals surface area contributed by atoms with E-state index in [1.54, 1.807) is 18.2 Å². The van der Waals surface area contributed by atoms with Crippen LogP contribution in [0.1, 0.15) is 54.0 Å². The number of rotatable bonds is 3. The molecule has 0 amide bonds. The standard InChI is InChI=1S/C26H32N3O4S/c1-29(22-7-5-19-13-18(17-27)3-4-20(19)14-22)11-9-26(10-12-29)16-24(30)23-15-21(28-34(2,31)32)6-8-25(23)33-26/h3-4,6,8,13,15,22,24,28,30H,5,7,9-12,14,16H2,1-2H3/q+1/t22?,24-,26?,29?/m1/s1. The van der Waals surface area contributed by atoms with Gasteiger partial charge in [-0.3, -0.25) is 4.72 Å². The number of hydrogen-bond acceptors (Lipinski definition) is 5. The van der Waals surface area contributed by atoms with Crippen LogP contribution in [0, 0.1) is 11.3 Å². The highest BCUT2D eigenvalue weighted by atomic mass is 32.2. The molecular weight excluding hydrogens is 450 g/mol. The van der Waals surface area contributed by atoms with Crippen LogP contribution in [-0.4, -0.2) is 56.0 Å². The van der Waals surface area contributed by atoms with Gasteiger partial charge in [0.2, 0.25) is 10.0 Å². The number of fused-ring (bicyclic) bond motifs is 2. The van der Waals surface area contributed by atoms with E-state index >= 15 is 0 Å². The van der Waals surface area contributed by atoms with Gasteiger partial charge in [0.25, 0.3) is 0 Å². The monoisotopic (exact) mass is 482 g/mol. The molecule has 2 heterocycles. The topological polar surface area (TPSA) is 99.4 Å². The number of aryl methyl sites for hydroxylation is 1. The third-order valence-electron chi connectivity index (χ3n) is 8.14. The molecule has 1 fully saturated rings. The molecule has 3 aliphatic rings. The van der Waals surface area contributed by atoms with Gasteiger partial charge in [-0.15, -0.1) is 0 Å². The number of quaternary nitrogens is 1. The van der Waals surface area contributed by atoms with Crippen molar-refractivity contribution in [3.05, 3.63) is 58.7 Å². The van der Waals surface area contributed by atoms with E-state index in [2.05, 4.69) is 23.9 Å². The minimum Gasteiger partial charge on any atom is -0.486 e. The van der Waals surface area contributed by atoms with Gasteiger partial charge < -0.3 is 14.3 Å². The number of sulfonamides is 1. The zero-order valence-electron chi connectivity index (χ0n) is 19.8. The van der Waals surface area contributed by atoms with Crippen LogP contribution in [-0.2, 0) is 22.9 Å². The summed E-state index contributed by atoms with van der Waals surface area (Å²) in [7, 11) is -1.03. The molecule has 0 bridgehead atoms. The van der Waals surface area contributed by atoms with Crippen molar-refractivity contribution in [1.82, 2.24) is 0 Å². The minimum absolute atomic E-state index is 0.385. The molecule has 1 aliphatic carbocycles. The van der Waals surface area contributed by atoms with Crippen LogP contribution in [0.2, 0.25) is 0 Å². The van der Waals surface area contributed by atoms with Gasteiger partial charge in [0.15, 0.2) is 0 Å². The number of nitrogens with zero attached hydrogens (tertiary/aromatic N) is 2. The lowest BCUT2D eigenvalue weighted by Crippen LogP contribution is -2.62. The van der Waals surface area contributed by atoms with Gasteiger partial charge in [0.1, 0.15) is 11.4 Å². The first-order chi connectivity index (χ1) is 16.1. The molecule has 1 spiro atoms. The summed E-state index contributed by atoms with van der Waals surface area (Å²) in [6.45, 7) is 1.98. The second-order valence-corrected chi connectivity index (χ2v) is 12.3. The molecule has 180 valence electrons. The summed E-state index contributed by atoms with van der Waals surface area (Å²) in [5, 5.41) is 20.1. The average molecular weight is 483 g/mol. The fourth-order valence-electron chi connectivity index (χ4n) is 6.08. The maximum absolute atomic E-state index is 11.6. The Morgan fingerprint density at radius 3 is 2.65 bits per heavy atom. The van der Waals surface area contributed by atoms with Gasteiger partial charge in [0.05, 0.1) is 50.2 Å². The second-order valence-electron chi connectivity index (χ2n) is 10.6. The lowest BCUT2D eigenvalue weighted by atomic mass is 9.78. The number of benzene rings is 2. The maximum Gasteiger partial charge on any atom is 0.229 e. The first-order valence-corrected chi connectivity index (χ1v) is 13.8. The minimum atomic E-state index is -3.38. The lowest BCUT2D eigenvalue weighted by Gasteiger charge is -2.52. The summed E-state index contributed by atoms with van der Waals surface area (Å²) in [5.74, 6) is 0.647. The van der Waals surface area contributed by atoms with Crippen LogP contribution in [0.15, 0.2) is 36.4 Å². The Morgan fingerprint density at radius 2 is 1.94 bits per heavy atom. The highest BCUT2D eigenvalue weighted by Crippen LogP contribution is 2.46.